The first-order valence-corrected chi connectivity index (χ1v) is 8.97. The lowest BCUT2D eigenvalue weighted by Gasteiger charge is -2.23. The fraction of sp³-hybridized carbons (Fsp3) is 0.600. The van der Waals surface area contributed by atoms with Crippen LogP contribution in [0.5, 0.6) is 0 Å². The Morgan fingerprint density at radius 3 is 2.91 bits per heavy atom. The molecule has 2 fully saturated rings. The number of amides is 2. The smallest absolute Gasteiger partial charge is 0.323 e. The number of H-pyrrole nitrogens is 1. The molecule has 1 saturated carbocycles. The van der Waals surface area contributed by atoms with Crippen molar-refractivity contribution in [3.63, 3.8) is 0 Å². The van der Waals surface area contributed by atoms with E-state index in [2.05, 4.69) is 30.9 Å². The number of anilines is 1. The topological polar surface area (TPSA) is 86.8 Å². The summed E-state index contributed by atoms with van der Waals surface area (Å²) in [6.45, 7) is 3.27. The molecule has 2 aromatic rings. The van der Waals surface area contributed by atoms with Gasteiger partial charge in [0.15, 0.2) is 11.0 Å². The molecule has 1 aliphatic heterocycles. The average Bonchev–Trinajstić information content (AvgIpc) is 3.17. The minimum Gasteiger partial charge on any atom is -0.324 e. The maximum Gasteiger partial charge on any atom is 0.323 e. The van der Waals surface area contributed by atoms with Crippen molar-refractivity contribution in [3.05, 3.63) is 22.7 Å². The fourth-order valence-corrected chi connectivity index (χ4v) is 3.89. The molecule has 0 radical (unpaired) electrons. The molecule has 3 heterocycles. The summed E-state index contributed by atoms with van der Waals surface area (Å²) in [7, 11) is 0. The van der Waals surface area contributed by atoms with Gasteiger partial charge in [0.25, 0.3) is 0 Å². The van der Waals surface area contributed by atoms with Crippen LogP contribution in [0.3, 0.4) is 0 Å². The van der Waals surface area contributed by atoms with Gasteiger partial charge in [-0.3, -0.25) is 10.4 Å². The van der Waals surface area contributed by atoms with Gasteiger partial charge in [-0.1, -0.05) is 6.42 Å². The molecule has 1 saturated heterocycles. The number of aromatic nitrogens is 4. The molecule has 1 unspecified atom stereocenters. The molecule has 1 atom stereocenters. The molecule has 7 nitrogen and oxygen atoms in total. The third-order valence-electron chi connectivity index (χ3n) is 4.71. The predicted molar refractivity (Wildman–Crippen MR) is 87.8 cm³/mol. The number of hydrogen-bond donors (Lipinski definition) is 2. The zero-order valence-electron chi connectivity index (χ0n) is 13.1. The highest BCUT2D eigenvalue weighted by Gasteiger charge is 2.30. The van der Waals surface area contributed by atoms with E-state index in [9.17, 15) is 4.79 Å². The predicted octanol–water partition coefficient (Wildman–Crippen LogP) is 2.86. The number of carbonyl (C=O) groups excluding carboxylic acids is 1. The van der Waals surface area contributed by atoms with Crippen molar-refractivity contribution in [2.75, 3.05) is 18.4 Å². The molecule has 2 N–H and O–H groups in total. The van der Waals surface area contributed by atoms with E-state index in [-0.39, 0.29) is 11.9 Å². The number of thiazole rings is 1. The summed E-state index contributed by atoms with van der Waals surface area (Å²) in [6, 6.07) is -0.0748. The van der Waals surface area contributed by atoms with Gasteiger partial charge < -0.3 is 4.90 Å². The van der Waals surface area contributed by atoms with Gasteiger partial charge in [0.1, 0.15) is 5.82 Å². The summed E-state index contributed by atoms with van der Waals surface area (Å²) < 4.78 is 0. The van der Waals surface area contributed by atoms with Crippen molar-refractivity contribution in [1.82, 2.24) is 25.1 Å². The number of aryl methyl sites for hydroxylation is 1. The van der Waals surface area contributed by atoms with Crippen LogP contribution in [0.15, 0.2) is 5.38 Å². The number of likely N-dealkylation sites (tertiary alicyclic amines) is 1. The molecule has 0 bridgehead atoms. The Balaban J connectivity index is 1.35. The first kappa shape index (κ1) is 14.6. The van der Waals surface area contributed by atoms with Gasteiger partial charge in [0.2, 0.25) is 0 Å². The van der Waals surface area contributed by atoms with Crippen LogP contribution in [0.25, 0.3) is 0 Å². The lowest BCUT2D eigenvalue weighted by atomic mass is 9.83. The Morgan fingerprint density at radius 2 is 2.22 bits per heavy atom. The normalized spacial score (nSPS) is 21.4. The van der Waals surface area contributed by atoms with E-state index in [0.717, 1.165) is 30.3 Å². The summed E-state index contributed by atoms with van der Waals surface area (Å²) >= 11 is 1.52. The average molecular weight is 332 g/mol. The Bertz CT molecular complexity index is 706. The SMILES string of the molecule is Cc1nc(C2CCN(C(=O)Nc3nc(C4CCC4)cs3)C2)n[nH]1. The third-order valence-corrected chi connectivity index (χ3v) is 5.49. The molecule has 23 heavy (non-hydrogen) atoms. The molecule has 4 rings (SSSR count). The van der Waals surface area contributed by atoms with Crippen molar-refractivity contribution in [2.45, 2.75) is 44.4 Å². The summed E-state index contributed by atoms with van der Waals surface area (Å²) in [5, 5.41) is 12.8. The van der Waals surface area contributed by atoms with E-state index in [1.165, 1.54) is 30.6 Å². The molecule has 1 aliphatic carbocycles. The highest BCUT2D eigenvalue weighted by Crippen LogP contribution is 2.37. The molecule has 122 valence electrons. The Kier molecular flexibility index (Phi) is 3.76. The number of carbonyl (C=O) groups is 1. The van der Waals surface area contributed by atoms with Gasteiger partial charge in [0.05, 0.1) is 5.69 Å². The van der Waals surface area contributed by atoms with Gasteiger partial charge in [-0.2, -0.15) is 5.10 Å². The van der Waals surface area contributed by atoms with Gasteiger partial charge in [-0.15, -0.1) is 11.3 Å². The van der Waals surface area contributed by atoms with E-state index in [0.29, 0.717) is 17.6 Å². The van der Waals surface area contributed by atoms with Crippen molar-refractivity contribution in [1.29, 1.82) is 0 Å². The van der Waals surface area contributed by atoms with E-state index in [4.69, 9.17) is 0 Å². The standard InChI is InChI=1S/C15H20N6OS/c1-9-16-13(20-19-9)11-5-6-21(7-11)15(22)18-14-17-12(8-23-14)10-3-2-4-10/h8,10-11H,2-7H2,1H3,(H,16,19,20)(H,17,18,22). The molecule has 0 spiro atoms. The van der Waals surface area contributed by atoms with Crippen LogP contribution in [0.1, 0.15) is 54.9 Å². The third kappa shape index (κ3) is 2.95. The molecular formula is C15H20N6OS. The van der Waals surface area contributed by atoms with Crippen LogP contribution >= 0.6 is 11.3 Å². The number of aromatic amines is 1. The van der Waals surface area contributed by atoms with Gasteiger partial charge in [-0.05, 0) is 26.2 Å². The second-order valence-corrected chi connectivity index (χ2v) is 7.20. The van der Waals surface area contributed by atoms with Crippen LogP contribution in [-0.2, 0) is 0 Å². The number of rotatable bonds is 3. The summed E-state index contributed by atoms with van der Waals surface area (Å²) in [6.07, 6.45) is 4.64. The van der Waals surface area contributed by atoms with Crippen LogP contribution in [0, 0.1) is 6.92 Å². The molecular weight excluding hydrogens is 312 g/mol. The first-order chi connectivity index (χ1) is 11.2. The quantitative estimate of drug-likeness (QED) is 0.905. The maximum atomic E-state index is 12.4. The highest BCUT2D eigenvalue weighted by molar-refractivity contribution is 7.13. The molecule has 0 aromatic carbocycles. The van der Waals surface area contributed by atoms with Crippen LogP contribution in [0.4, 0.5) is 9.93 Å². The van der Waals surface area contributed by atoms with Crippen molar-refractivity contribution < 1.29 is 4.79 Å². The highest BCUT2D eigenvalue weighted by atomic mass is 32.1. The van der Waals surface area contributed by atoms with Gasteiger partial charge in [-0.25, -0.2) is 14.8 Å². The zero-order chi connectivity index (χ0) is 15.8. The maximum absolute atomic E-state index is 12.4. The number of hydrogen-bond acceptors (Lipinski definition) is 5. The lowest BCUT2D eigenvalue weighted by Crippen LogP contribution is -2.32. The van der Waals surface area contributed by atoms with Crippen molar-refractivity contribution in [3.8, 4) is 0 Å². The Hall–Kier alpha value is -1.96. The Morgan fingerprint density at radius 1 is 1.35 bits per heavy atom. The van der Waals surface area contributed by atoms with E-state index < -0.39 is 0 Å². The van der Waals surface area contributed by atoms with Crippen LogP contribution in [-0.4, -0.2) is 44.2 Å². The lowest BCUT2D eigenvalue weighted by molar-refractivity contribution is 0.222. The van der Waals surface area contributed by atoms with Gasteiger partial charge >= 0.3 is 6.03 Å². The van der Waals surface area contributed by atoms with Gasteiger partial charge in [0, 0.05) is 30.3 Å². The van der Waals surface area contributed by atoms with Crippen molar-refractivity contribution >= 4 is 22.5 Å². The van der Waals surface area contributed by atoms with Crippen molar-refractivity contribution in [2.24, 2.45) is 0 Å². The summed E-state index contributed by atoms with van der Waals surface area (Å²) in [5.74, 6) is 2.43. The number of urea groups is 1. The van der Waals surface area contributed by atoms with E-state index >= 15 is 0 Å². The first-order valence-electron chi connectivity index (χ1n) is 8.09. The zero-order valence-corrected chi connectivity index (χ0v) is 13.9. The van der Waals surface area contributed by atoms with Crippen LogP contribution < -0.4 is 5.32 Å². The van der Waals surface area contributed by atoms with E-state index in [1.807, 2.05) is 11.8 Å². The fourth-order valence-electron chi connectivity index (χ4n) is 3.10. The van der Waals surface area contributed by atoms with E-state index in [1.54, 1.807) is 0 Å². The number of nitrogens with zero attached hydrogens (tertiary/aromatic N) is 4. The minimum atomic E-state index is -0.0748. The second kappa shape index (κ2) is 5.92. The van der Waals surface area contributed by atoms with Crippen LogP contribution in [0.2, 0.25) is 0 Å². The monoisotopic (exact) mass is 332 g/mol. The summed E-state index contributed by atoms with van der Waals surface area (Å²) in [5.41, 5.74) is 1.13. The minimum absolute atomic E-state index is 0.0748. The Labute approximate surface area is 138 Å². The number of nitrogens with one attached hydrogen (secondary N) is 2. The molecule has 2 aliphatic rings. The molecule has 8 heteroatoms. The largest absolute Gasteiger partial charge is 0.324 e. The summed E-state index contributed by atoms with van der Waals surface area (Å²) in [4.78, 5) is 23.1. The molecule has 2 aromatic heterocycles. The second-order valence-electron chi connectivity index (χ2n) is 6.35. The molecule has 2 amide bonds.